The fraction of sp³-hybridized carbons (Fsp3) is 0.273. The summed E-state index contributed by atoms with van der Waals surface area (Å²) in [5, 5.41) is 8.92. The molecule has 0 bridgehead atoms. The van der Waals surface area contributed by atoms with Gasteiger partial charge in [0, 0.05) is 11.1 Å². The summed E-state index contributed by atoms with van der Waals surface area (Å²) in [7, 11) is 0. The van der Waals surface area contributed by atoms with Crippen molar-refractivity contribution in [1.29, 1.82) is 0 Å². The summed E-state index contributed by atoms with van der Waals surface area (Å²) in [5.41, 5.74) is -2.02. The molecular weight excluding hydrogens is 498 g/mol. The number of halogens is 6. The van der Waals surface area contributed by atoms with Crippen LogP contribution in [0, 0.1) is 0 Å². The number of alkyl halides is 6. The minimum atomic E-state index is -4.63. The monoisotopic (exact) mass is 516 g/mol. The maximum Gasteiger partial charge on any atom is 0.435 e. The number of carbonyl (C=O) groups excluding carboxylic acids is 2. The van der Waals surface area contributed by atoms with Crippen LogP contribution in [0.15, 0.2) is 58.7 Å². The topological polar surface area (TPSA) is 83.8 Å². The van der Waals surface area contributed by atoms with E-state index < -0.39 is 35.7 Å². The van der Waals surface area contributed by atoms with Crippen molar-refractivity contribution in [2.45, 2.75) is 26.2 Å². The van der Waals surface area contributed by atoms with Gasteiger partial charge in [-0.3, -0.25) is 0 Å². The highest BCUT2D eigenvalue weighted by molar-refractivity contribution is 6.15. The maximum absolute atomic E-state index is 13.0. The average molecular weight is 516 g/mol. The molecule has 0 N–H and O–H groups in total. The number of amidine groups is 2. The van der Waals surface area contributed by atoms with Gasteiger partial charge >= 0.3 is 24.5 Å². The van der Waals surface area contributed by atoms with Gasteiger partial charge in [0.05, 0.1) is 24.3 Å². The zero-order chi connectivity index (χ0) is 26.7. The van der Waals surface area contributed by atoms with Crippen LogP contribution in [-0.4, -0.2) is 47.1 Å². The van der Waals surface area contributed by atoms with Gasteiger partial charge in [-0.05, 0) is 38.1 Å². The molecule has 0 aliphatic carbocycles. The molecule has 0 radical (unpaired) electrons. The second-order valence-corrected chi connectivity index (χ2v) is 7.02. The van der Waals surface area contributed by atoms with Crippen molar-refractivity contribution in [3.8, 4) is 0 Å². The van der Waals surface area contributed by atoms with Crippen molar-refractivity contribution < 1.29 is 45.4 Å². The van der Waals surface area contributed by atoms with E-state index in [1.807, 2.05) is 0 Å². The Labute approximate surface area is 200 Å². The lowest BCUT2D eigenvalue weighted by atomic mass is 10.1. The summed E-state index contributed by atoms with van der Waals surface area (Å²) >= 11 is 0. The predicted octanol–water partition coefficient (Wildman–Crippen LogP) is 5.68. The second kappa shape index (κ2) is 10.3. The third-order valence-corrected chi connectivity index (χ3v) is 4.66. The van der Waals surface area contributed by atoms with E-state index in [2.05, 4.69) is 10.2 Å². The van der Waals surface area contributed by atoms with Crippen molar-refractivity contribution in [2.24, 2.45) is 10.2 Å². The Morgan fingerprint density at radius 3 is 1.22 bits per heavy atom. The summed E-state index contributed by atoms with van der Waals surface area (Å²) in [6.45, 7) is 2.63. The van der Waals surface area contributed by atoms with E-state index in [4.69, 9.17) is 9.47 Å². The Morgan fingerprint density at radius 1 is 0.667 bits per heavy atom. The zero-order valence-corrected chi connectivity index (χ0v) is 18.7. The van der Waals surface area contributed by atoms with Crippen molar-refractivity contribution in [1.82, 2.24) is 10.0 Å². The van der Waals surface area contributed by atoms with Crippen LogP contribution in [0.4, 0.5) is 35.9 Å². The van der Waals surface area contributed by atoms with Crippen molar-refractivity contribution in [3.63, 3.8) is 0 Å². The van der Waals surface area contributed by atoms with E-state index in [1.165, 1.54) is 13.8 Å². The molecule has 1 aliphatic heterocycles. The van der Waals surface area contributed by atoms with E-state index in [9.17, 15) is 35.9 Å². The molecule has 0 spiro atoms. The lowest BCUT2D eigenvalue weighted by Crippen LogP contribution is -2.57. The van der Waals surface area contributed by atoms with Crippen LogP contribution in [0.2, 0.25) is 0 Å². The summed E-state index contributed by atoms with van der Waals surface area (Å²) in [5.74, 6) is -0.767. The van der Waals surface area contributed by atoms with E-state index >= 15 is 0 Å². The number of rotatable bonds is 4. The lowest BCUT2D eigenvalue weighted by Gasteiger charge is -2.35. The third-order valence-electron chi connectivity index (χ3n) is 4.66. The quantitative estimate of drug-likeness (QED) is 0.490. The molecule has 1 heterocycles. The van der Waals surface area contributed by atoms with Gasteiger partial charge in [-0.25, -0.2) is 9.59 Å². The Hall–Kier alpha value is -4.10. The molecule has 0 atom stereocenters. The molecule has 1 aliphatic rings. The first-order valence-electron chi connectivity index (χ1n) is 10.3. The molecular formula is C22H18F6N4O4. The summed E-state index contributed by atoms with van der Waals surface area (Å²) in [4.78, 5) is 25.8. The fourth-order valence-electron chi connectivity index (χ4n) is 3.05. The van der Waals surface area contributed by atoms with Gasteiger partial charge in [0.1, 0.15) is 0 Å². The number of benzene rings is 2. The number of amides is 2. The first-order chi connectivity index (χ1) is 16.9. The van der Waals surface area contributed by atoms with Crippen LogP contribution in [-0.2, 0) is 21.8 Å². The molecule has 14 heteroatoms. The largest absolute Gasteiger partial charge is 0.448 e. The van der Waals surface area contributed by atoms with Crippen LogP contribution >= 0.6 is 0 Å². The van der Waals surface area contributed by atoms with Gasteiger partial charge in [-0.1, -0.05) is 24.3 Å². The first-order valence-corrected chi connectivity index (χ1v) is 10.3. The fourth-order valence-corrected chi connectivity index (χ4v) is 3.05. The normalized spacial score (nSPS) is 14.2. The standard InChI is InChI=1S/C22H18F6N4O4/c1-3-35-19(33)31-17(13-5-9-15(10-6-13)21(23,24)25)29-30-18(32(31)20(34)36-4-2)14-7-11-16(12-8-14)22(26,27)28/h5-12H,3-4H2,1-2H3. The third kappa shape index (κ3) is 5.58. The molecule has 0 unspecified atom stereocenters. The van der Waals surface area contributed by atoms with E-state index in [1.54, 1.807) is 0 Å². The van der Waals surface area contributed by atoms with Crippen LogP contribution in [0.1, 0.15) is 36.1 Å². The van der Waals surface area contributed by atoms with Gasteiger partial charge in [-0.15, -0.1) is 10.2 Å². The Bertz CT molecular complexity index is 1080. The number of hydrazine groups is 1. The number of carbonyl (C=O) groups is 2. The molecule has 0 saturated carbocycles. The Kier molecular flexibility index (Phi) is 7.55. The van der Waals surface area contributed by atoms with E-state index in [0.29, 0.717) is 10.0 Å². The Morgan fingerprint density at radius 2 is 0.972 bits per heavy atom. The van der Waals surface area contributed by atoms with Crippen LogP contribution in [0.3, 0.4) is 0 Å². The number of hydrogen-bond acceptors (Lipinski definition) is 6. The molecule has 0 fully saturated rings. The minimum Gasteiger partial charge on any atom is -0.448 e. The molecule has 3 rings (SSSR count). The molecule has 2 aromatic carbocycles. The maximum atomic E-state index is 13.0. The van der Waals surface area contributed by atoms with Gasteiger partial charge in [0.2, 0.25) is 0 Å². The molecule has 192 valence electrons. The van der Waals surface area contributed by atoms with Gasteiger partial charge < -0.3 is 9.47 Å². The molecule has 8 nitrogen and oxygen atoms in total. The van der Waals surface area contributed by atoms with Crippen molar-refractivity contribution >= 4 is 23.9 Å². The smallest absolute Gasteiger partial charge is 0.435 e. The zero-order valence-electron chi connectivity index (χ0n) is 18.7. The van der Waals surface area contributed by atoms with Crippen LogP contribution < -0.4 is 0 Å². The van der Waals surface area contributed by atoms with E-state index in [0.717, 1.165) is 48.5 Å². The summed E-state index contributed by atoms with van der Waals surface area (Å²) in [6.07, 6.45) is -11.6. The van der Waals surface area contributed by atoms with Gasteiger partial charge in [0.15, 0.2) is 11.7 Å². The number of ether oxygens (including phenoxy) is 2. The first kappa shape index (κ1) is 26.5. The summed E-state index contributed by atoms with van der Waals surface area (Å²) < 4.78 is 87.9. The van der Waals surface area contributed by atoms with Crippen LogP contribution in [0.5, 0.6) is 0 Å². The van der Waals surface area contributed by atoms with Crippen LogP contribution in [0.25, 0.3) is 0 Å². The number of nitrogens with zero attached hydrogens (tertiary/aromatic N) is 4. The van der Waals surface area contributed by atoms with Crippen molar-refractivity contribution in [3.05, 3.63) is 70.8 Å². The average Bonchev–Trinajstić information content (AvgIpc) is 2.82. The Balaban J connectivity index is 2.16. The second-order valence-electron chi connectivity index (χ2n) is 7.02. The number of hydrogen-bond donors (Lipinski definition) is 0. The minimum absolute atomic E-state index is 0.0411. The highest BCUT2D eigenvalue weighted by atomic mass is 19.4. The predicted molar refractivity (Wildman–Crippen MR) is 114 cm³/mol. The molecule has 2 aromatic rings. The van der Waals surface area contributed by atoms with E-state index in [-0.39, 0.29) is 36.0 Å². The molecule has 2 amide bonds. The highest BCUT2D eigenvalue weighted by Gasteiger charge is 2.41. The van der Waals surface area contributed by atoms with Gasteiger partial charge in [0.25, 0.3) is 0 Å². The highest BCUT2D eigenvalue weighted by Crippen LogP contribution is 2.31. The van der Waals surface area contributed by atoms with Gasteiger partial charge in [-0.2, -0.15) is 36.4 Å². The van der Waals surface area contributed by atoms with Crippen molar-refractivity contribution in [2.75, 3.05) is 13.2 Å². The molecule has 0 saturated heterocycles. The SMILES string of the molecule is CCOC(=O)N1C(c2ccc(C(F)(F)F)cc2)=NN=C(c2ccc(C(F)(F)F)cc2)N1C(=O)OCC. The summed E-state index contributed by atoms with van der Waals surface area (Å²) in [6, 6.07) is 7.00. The lowest BCUT2D eigenvalue weighted by molar-refractivity contribution is -0.138. The molecule has 0 aromatic heterocycles. The molecule has 36 heavy (non-hydrogen) atoms.